The molecular weight excluding hydrogens is 427 g/mol. The van der Waals surface area contributed by atoms with Crippen molar-refractivity contribution in [3.63, 3.8) is 0 Å². The van der Waals surface area contributed by atoms with Gasteiger partial charge in [-0.25, -0.2) is 4.79 Å². The second kappa shape index (κ2) is 9.01. The summed E-state index contributed by atoms with van der Waals surface area (Å²) in [5, 5.41) is 5.21. The topological polar surface area (TPSA) is 73.1 Å². The Morgan fingerprint density at radius 3 is 2.50 bits per heavy atom. The second-order valence-electron chi connectivity index (χ2n) is 5.39. The molecule has 3 aromatic rings. The van der Waals surface area contributed by atoms with E-state index in [1.807, 2.05) is 0 Å². The number of hydrogen-bond acceptors (Lipinski definition) is 6. The van der Waals surface area contributed by atoms with Crippen LogP contribution in [-0.2, 0) is 0 Å². The van der Waals surface area contributed by atoms with E-state index in [9.17, 15) is 4.79 Å². The minimum atomic E-state index is -0.626. The molecule has 1 heterocycles. The highest BCUT2D eigenvalue weighted by Crippen LogP contribution is 2.33. The second-order valence-corrected chi connectivity index (χ2v) is 6.64. The summed E-state index contributed by atoms with van der Waals surface area (Å²) >= 11 is 18.1. The maximum absolute atomic E-state index is 12.0. The van der Waals surface area contributed by atoms with Crippen LogP contribution in [0.1, 0.15) is 16.1 Å². The van der Waals surface area contributed by atoms with Gasteiger partial charge in [-0.2, -0.15) is 5.10 Å². The Balaban J connectivity index is 1.73. The van der Waals surface area contributed by atoms with Gasteiger partial charge in [-0.15, -0.1) is 0 Å². The van der Waals surface area contributed by atoms with Crippen molar-refractivity contribution >= 4 is 52.7 Å². The third-order valence-electron chi connectivity index (χ3n) is 3.51. The third-order valence-corrected chi connectivity index (χ3v) is 4.32. The molecule has 0 saturated heterocycles. The van der Waals surface area contributed by atoms with Crippen molar-refractivity contribution in [2.45, 2.75) is 0 Å². The van der Waals surface area contributed by atoms with Crippen LogP contribution in [0.5, 0.6) is 11.5 Å². The van der Waals surface area contributed by atoms with Gasteiger partial charge < -0.3 is 13.9 Å². The van der Waals surface area contributed by atoms with Crippen LogP contribution in [0.15, 0.2) is 58.2 Å². The van der Waals surface area contributed by atoms with Gasteiger partial charge in [-0.1, -0.05) is 34.8 Å². The van der Waals surface area contributed by atoms with Crippen LogP contribution >= 0.6 is 34.8 Å². The van der Waals surface area contributed by atoms with Crippen molar-refractivity contribution in [2.75, 3.05) is 12.5 Å². The van der Waals surface area contributed by atoms with Crippen LogP contribution in [0.25, 0.3) is 0 Å². The van der Waals surface area contributed by atoms with Crippen LogP contribution in [0.4, 0.5) is 5.69 Å². The first-order chi connectivity index (χ1) is 13.5. The summed E-state index contributed by atoms with van der Waals surface area (Å²) in [4.78, 5) is 12.0. The molecule has 1 aromatic heterocycles. The number of esters is 1. The van der Waals surface area contributed by atoms with E-state index in [1.54, 1.807) is 36.4 Å². The predicted octanol–water partition coefficient (Wildman–Crippen LogP) is 5.91. The molecule has 0 bridgehead atoms. The molecule has 0 aliphatic heterocycles. The summed E-state index contributed by atoms with van der Waals surface area (Å²) in [6, 6.07) is 11.2. The van der Waals surface area contributed by atoms with Crippen LogP contribution in [0.2, 0.25) is 15.1 Å². The van der Waals surface area contributed by atoms with E-state index in [0.717, 1.165) is 0 Å². The summed E-state index contributed by atoms with van der Waals surface area (Å²) in [6.45, 7) is 0. The van der Waals surface area contributed by atoms with Crippen molar-refractivity contribution < 1.29 is 18.7 Å². The smallest absolute Gasteiger partial charge is 0.379 e. The molecule has 0 spiro atoms. The minimum absolute atomic E-state index is 0.0913. The van der Waals surface area contributed by atoms with Crippen LogP contribution in [-0.4, -0.2) is 19.3 Å². The molecule has 0 aliphatic carbocycles. The molecule has 9 heteroatoms. The maximum Gasteiger partial charge on any atom is 0.379 e. The van der Waals surface area contributed by atoms with E-state index < -0.39 is 5.97 Å². The van der Waals surface area contributed by atoms with Gasteiger partial charge in [0.15, 0.2) is 11.5 Å². The Hall–Kier alpha value is -2.67. The normalized spacial score (nSPS) is 10.9. The maximum atomic E-state index is 12.0. The number of hydrazone groups is 1. The van der Waals surface area contributed by atoms with E-state index in [0.29, 0.717) is 32.1 Å². The van der Waals surface area contributed by atoms with Crippen LogP contribution in [0.3, 0.4) is 0 Å². The number of benzene rings is 2. The summed E-state index contributed by atoms with van der Waals surface area (Å²) in [5.41, 5.74) is 3.88. The molecule has 0 fully saturated rings. The summed E-state index contributed by atoms with van der Waals surface area (Å²) in [5.74, 6) is 0.0660. The molecule has 0 amide bonds. The lowest BCUT2D eigenvalue weighted by Crippen LogP contribution is -2.08. The van der Waals surface area contributed by atoms with E-state index in [-0.39, 0.29) is 11.5 Å². The predicted molar refractivity (Wildman–Crippen MR) is 109 cm³/mol. The van der Waals surface area contributed by atoms with Gasteiger partial charge >= 0.3 is 5.97 Å². The quantitative estimate of drug-likeness (QED) is 0.223. The number of carbonyl (C=O) groups is 1. The Labute approximate surface area is 175 Å². The average Bonchev–Trinajstić information content (AvgIpc) is 3.19. The molecule has 1 N–H and O–H groups in total. The molecule has 0 radical (unpaired) electrons. The number of furan rings is 1. The first-order valence-electron chi connectivity index (χ1n) is 7.85. The van der Waals surface area contributed by atoms with Gasteiger partial charge in [-0.05, 0) is 48.0 Å². The zero-order valence-corrected chi connectivity index (χ0v) is 16.7. The fraction of sp³-hybridized carbons (Fsp3) is 0.0526. The van der Waals surface area contributed by atoms with Gasteiger partial charge in [0, 0.05) is 5.02 Å². The van der Waals surface area contributed by atoms with Gasteiger partial charge in [-0.3, -0.25) is 5.43 Å². The molecule has 0 atom stereocenters. The number of nitrogens with zero attached hydrogens (tertiary/aromatic N) is 1. The van der Waals surface area contributed by atoms with Crippen molar-refractivity contribution in [1.29, 1.82) is 0 Å². The molecule has 0 unspecified atom stereocenters. The van der Waals surface area contributed by atoms with E-state index >= 15 is 0 Å². The van der Waals surface area contributed by atoms with Gasteiger partial charge in [0.25, 0.3) is 0 Å². The third kappa shape index (κ3) is 4.78. The SMILES string of the molecule is COc1cc(C=NNc2c(Cl)cc(Cl)cc2Cl)ccc1OC(=O)c1ccco1. The number of rotatable bonds is 6. The number of carbonyl (C=O) groups excluding carboxylic acids is 1. The average molecular weight is 440 g/mol. The van der Waals surface area contributed by atoms with E-state index in [2.05, 4.69) is 10.5 Å². The first kappa shape index (κ1) is 20.1. The van der Waals surface area contributed by atoms with Crippen molar-refractivity contribution in [3.05, 3.63) is 75.1 Å². The molecule has 144 valence electrons. The minimum Gasteiger partial charge on any atom is -0.493 e. The molecule has 6 nitrogen and oxygen atoms in total. The molecular formula is C19H13Cl3N2O4. The number of anilines is 1. The van der Waals surface area contributed by atoms with Crippen molar-refractivity contribution in [1.82, 2.24) is 0 Å². The monoisotopic (exact) mass is 438 g/mol. The highest BCUT2D eigenvalue weighted by atomic mass is 35.5. The van der Waals surface area contributed by atoms with Gasteiger partial charge in [0.1, 0.15) is 0 Å². The fourth-order valence-electron chi connectivity index (χ4n) is 2.21. The molecule has 28 heavy (non-hydrogen) atoms. The molecule has 0 aliphatic rings. The van der Waals surface area contributed by atoms with Crippen LogP contribution < -0.4 is 14.9 Å². The number of methoxy groups -OCH3 is 1. The Kier molecular flexibility index (Phi) is 6.46. The molecule has 3 rings (SSSR count). The fourth-order valence-corrected chi connectivity index (χ4v) is 3.12. The summed E-state index contributed by atoms with van der Waals surface area (Å²) in [7, 11) is 1.46. The van der Waals surface area contributed by atoms with Gasteiger partial charge in [0.2, 0.25) is 5.76 Å². The summed E-state index contributed by atoms with van der Waals surface area (Å²) < 4.78 is 15.6. The lowest BCUT2D eigenvalue weighted by molar-refractivity contribution is 0.0696. The highest BCUT2D eigenvalue weighted by Gasteiger charge is 2.15. The van der Waals surface area contributed by atoms with Crippen molar-refractivity contribution in [2.24, 2.45) is 5.10 Å². The lowest BCUT2D eigenvalue weighted by atomic mass is 10.2. The van der Waals surface area contributed by atoms with Gasteiger partial charge in [0.05, 0.1) is 35.3 Å². The van der Waals surface area contributed by atoms with Crippen molar-refractivity contribution in [3.8, 4) is 11.5 Å². The van der Waals surface area contributed by atoms with E-state index in [4.69, 9.17) is 48.7 Å². The van der Waals surface area contributed by atoms with E-state index in [1.165, 1.54) is 25.7 Å². The zero-order valence-electron chi connectivity index (χ0n) is 14.4. The largest absolute Gasteiger partial charge is 0.493 e. The standard InChI is InChI=1S/C19H13Cl3N2O4/c1-26-17-7-11(4-5-15(17)28-19(25)16-3-2-6-27-16)10-23-24-18-13(21)8-12(20)9-14(18)22/h2-10,24H,1H3. The zero-order chi connectivity index (χ0) is 20.1. The Morgan fingerprint density at radius 2 is 1.86 bits per heavy atom. The molecule has 0 saturated carbocycles. The number of nitrogens with one attached hydrogen (secondary N) is 1. The molecule has 2 aromatic carbocycles. The Bertz CT molecular complexity index is 997. The lowest BCUT2D eigenvalue weighted by Gasteiger charge is -2.09. The number of hydrogen-bond donors (Lipinski definition) is 1. The number of halogens is 3. The van der Waals surface area contributed by atoms with Crippen LogP contribution in [0, 0.1) is 0 Å². The summed E-state index contributed by atoms with van der Waals surface area (Å²) in [6.07, 6.45) is 2.92. The number of ether oxygens (including phenoxy) is 2. The Morgan fingerprint density at radius 1 is 1.11 bits per heavy atom. The highest BCUT2D eigenvalue weighted by molar-refractivity contribution is 6.41. The first-order valence-corrected chi connectivity index (χ1v) is 8.98.